The van der Waals surface area contributed by atoms with Gasteiger partial charge in [0.2, 0.25) is 10.0 Å². The molecule has 0 amide bonds. The van der Waals surface area contributed by atoms with E-state index in [-0.39, 0.29) is 22.5 Å². The number of sulfonamides is 1. The van der Waals surface area contributed by atoms with E-state index in [2.05, 4.69) is 15.9 Å². The van der Waals surface area contributed by atoms with Crippen LogP contribution in [0.1, 0.15) is 6.92 Å². The summed E-state index contributed by atoms with van der Waals surface area (Å²) in [5.41, 5.74) is 5.35. The summed E-state index contributed by atoms with van der Waals surface area (Å²) >= 11 is 2.98. The monoisotopic (exact) mass is 324 g/mol. The second kappa shape index (κ2) is 5.90. The van der Waals surface area contributed by atoms with Gasteiger partial charge in [-0.05, 0) is 34.1 Å². The molecule has 0 radical (unpaired) electrons. The third-order valence-electron chi connectivity index (χ3n) is 2.26. The molecule has 0 saturated heterocycles. The fraction of sp³-hybridized carbons (Fsp3) is 0.400. The topological polar surface area (TPSA) is 63.4 Å². The van der Waals surface area contributed by atoms with E-state index in [4.69, 9.17) is 5.73 Å². The van der Waals surface area contributed by atoms with E-state index in [0.29, 0.717) is 6.54 Å². The smallest absolute Gasteiger partial charge is 0.243 e. The lowest BCUT2D eigenvalue weighted by Crippen LogP contribution is -2.35. The molecule has 0 atom stereocenters. The minimum absolute atomic E-state index is 0.0616. The van der Waals surface area contributed by atoms with Gasteiger partial charge >= 0.3 is 0 Å². The van der Waals surface area contributed by atoms with Crippen molar-refractivity contribution >= 4 is 26.0 Å². The van der Waals surface area contributed by atoms with Gasteiger partial charge in [-0.25, -0.2) is 12.8 Å². The lowest BCUT2D eigenvalue weighted by Gasteiger charge is -2.19. The van der Waals surface area contributed by atoms with Crippen LogP contribution in [0.3, 0.4) is 0 Å². The summed E-state index contributed by atoms with van der Waals surface area (Å²) in [4.78, 5) is -0.0616. The summed E-state index contributed by atoms with van der Waals surface area (Å²) in [6.45, 7) is 2.46. The van der Waals surface area contributed by atoms with Crippen molar-refractivity contribution in [3.05, 3.63) is 28.5 Å². The first-order valence-corrected chi connectivity index (χ1v) is 7.32. The standard InChI is InChI=1S/C10H14BrFN2O2S/c1-2-14(6-5-13)17(15,16)8-3-4-9(11)10(12)7-8/h3-4,7H,2,5-6,13H2,1H3. The minimum Gasteiger partial charge on any atom is -0.329 e. The van der Waals surface area contributed by atoms with Gasteiger partial charge in [-0.2, -0.15) is 4.31 Å². The first-order valence-electron chi connectivity index (χ1n) is 5.08. The molecule has 0 saturated carbocycles. The zero-order valence-corrected chi connectivity index (χ0v) is 11.8. The van der Waals surface area contributed by atoms with E-state index in [0.717, 1.165) is 6.07 Å². The summed E-state index contributed by atoms with van der Waals surface area (Å²) in [5, 5.41) is 0. The molecule has 0 heterocycles. The van der Waals surface area contributed by atoms with Crippen molar-refractivity contribution in [1.82, 2.24) is 4.31 Å². The van der Waals surface area contributed by atoms with Crippen LogP contribution in [-0.4, -0.2) is 32.4 Å². The van der Waals surface area contributed by atoms with Gasteiger partial charge in [-0.15, -0.1) is 0 Å². The number of likely N-dealkylation sites (N-methyl/N-ethyl adjacent to an activating group) is 1. The molecule has 0 aliphatic heterocycles. The Hall–Kier alpha value is -0.500. The lowest BCUT2D eigenvalue weighted by molar-refractivity contribution is 0.435. The summed E-state index contributed by atoms with van der Waals surface area (Å²) in [6.07, 6.45) is 0. The molecule has 0 aliphatic carbocycles. The molecule has 0 bridgehead atoms. The molecule has 1 aromatic carbocycles. The third kappa shape index (κ3) is 3.25. The molecule has 2 N–H and O–H groups in total. The average Bonchev–Trinajstić information content (AvgIpc) is 2.29. The number of hydrogen-bond acceptors (Lipinski definition) is 3. The minimum atomic E-state index is -3.66. The van der Waals surface area contributed by atoms with Crippen LogP contribution >= 0.6 is 15.9 Å². The van der Waals surface area contributed by atoms with Crippen LogP contribution in [0, 0.1) is 5.82 Å². The summed E-state index contributed by atoms with van der Waals surface area (Å²) in [6, 6.07) is 3.73. The number of hydrogen-bond donors (Lipinski definition) is 1. The molecule has 0 aromatic heterocycles. The van der Waals surface area contributed by atoms with E-state index in [9.17, 15) is 12.8 Å². The van der Waals surface area contributed by atoms with Crippen molar-refractivity contribution in [2.45, 2.75) is 11.8 Å². The molecule has 0 spiro atoms. The molecule has 0 fully saturated rings. The van der Waals surface area contributed by atoms with Crippen molar-refractivity contribution in [3.63, 3.8) is 0 Å². The Morgan fingerprint density at radius 1 is 1.47 bits per heavy atom. The highest BCUT2D eigenvalue weighted by molar-refractivity contribution is 9.10. The second-order valence-corrected chi connectivity index (χ2v) is 6.15. The highest BCUT2D eigenvalue weighted by atomic mass is 79.9. The van der Waals surface area contributed by atoms with Gasteiger partial charge in [0.25, 0.3) is 0 Å². The van der Waals surface area contributed by atoms with Crippen LogP contribution in [0.4, 0.5) is 4.39 Å². The van der Waals surface area contributed by atoms with Crippen LogP contribution < -0.4 is 5.73 Å². The van der Waals surface area contributed by atoms with E-state index in [1.165, 1.54) is 16.4 Å². The molecule has 0 aliphatic rings. The van der Waals surface area contributed by atoms with Gasteiger partial charge in [0, 0.05) is 19.6 Å². The summed E-state index contributed by atoms with van der Waals surface area (Å²) < 4.78 is 39.0. The molecular formula is C10H14BrFN2O2S. The van der Waals surface area contributed by atoms with Gasteiger partial charge in [-0.3, -0.25) is 0 Å². The van der Waals surface area contributed by atoms with Crippen LogP contribution in [0.25, 0.3) is 0 Å². The van der Waals surface area contributed by atoms with Crippen molar-refractivity contribution in [2.75, 3.05) is 19.6 Å². The fourth-order valence-corrected chi connectivity index (χ4v) is 3.10. The molecule has 1 aromatic rings. The predicted molar refractivity (Wildman–Crippen MR) is 67.6 cm³/mol. The number of benzene rings is 1. The van der Waals surface area contributed by atoms with Gasteiger partial charge in [0.05, 0.1) is 9.37 Å². The van der Waals surface area contributed by atoms with Crippen molar-refractivity contribution in [3.8, 4) is 0 Å². The quantitative estimate of drug-likeness (QED) is 0.894. The summed E-state index contributed by atoms with van der Waals surface area (Å²) in [7, 11) is -3.66. The Balaban J connectivity index is 3.15. The SMILES string of the molecule is CCN(CCN)S(=O)(=O)c1ccc(Br)c(F)c1. The Bertz CT molecular complexity index is 493. The molecule has 1 rings (SSSR count). The number of nitrogens with zero attached hydrogens (tertiary/aromatic N) is 1. The Labute approximate surface area is 109 Å². The maximum absolute atomic E-state index is 13.3. The maximum Gasteiger partial charge on any atom is 0.243 e. The zero-order valence-electron chi connectivity index (χ0n) is 9.36. The second-order valence-electron chi connectivity index (χ2n) is 3.36. The Kier molecular flexibility index (Phi) is 5.05. The first-order chi connectivity index (χ1) is 7.93. The molecule has 96 valence electrons. The van der Waals surface area contributed by atoms with E-state index >= 15 is 0 Å². The van der Waals surface area contributed by atoms with Gasteiger partial charge in [-0.1, -0.05) is 6.92 Å². The first kappa shape index (κ1) is 14.6. The van der Waals surface area contributed by atoms with Crippen molar-refractivity contribution < 1.29 is 12.8 Å². The number of nitrogens with two attached hydrogens (primary N) is 1. The van der Waals surface area contributed by atoms with Gasteiger partial charge < -0.3 is 5.73 Å². The van der Waals surface area contributed by atoms with E-state index in [1.807, 2.05) is 0 Å². The lowest BCUT2D eigenvalue weighted by atomic mass is 10.3. The number of halogens is 2. The maximum atomic E-state index is 13.3. The largest absolute Gasteiger partial charge is 0.329 e. The van der Waals surface area contributed by atoms with E-state index in [1.54, 1.807) is 6.92 Å². The normalized spacial score (nSPS) is 12.1. The van der Waals surface area contributed by atoms with Crippen molar-refractivity contribution in [2.24, 2.45) is 5.73 Å². The molecule has 4 nitrogen and oxygen atoms in total. The summed E-state index contributed by atoms with van der Waals surface area (Å²) in [5.74, 6) is -0.602. The molecule has 17 heavy (non-hydrogen) atoms. The zero-order chi connectivity index (χ0) is 13.1. The highest BCUT2D eigenvalue weighted by Gasteiger charge is 2.23. The average molecular weight is 325 g/mol. The van der Waals surface area contributed by atoms with Crippen LogP contribution in [0.2, 0.25) is 0 Å². The third-order valence-corrected chi connectivity index (χ3v) is 4.87. The Morgan fingerprint density at radius 2 is 2.12 bits per heavy atom. The van der Waals surface area contributed by atoms with Crippen LogP contribution in [-0.2, 0) is 10.0 Å². The van der Waals surface area contributed by atoms with Crippen LogP contribution in [0.5, 0.6) is 0 Å². The van der Waals surface area contributed by atoms with Gasteiger partial charge in [0.1, 0.15) is 5.82 Å². The van der Waals surface area contributed by atoms with Crippen LogP contribution in [0.15, 0.2) is 27.6 Å². The number of rotatable bonds is 5. The fourth-order valence-electron chi connectivity index (χ4n) is 1.38. The van der Waals surface area contributed by atoms with Gasteiger partial charge in [0.15, 0.2) is 0 Å². The van der Waals surface area contributed by atoms with Crippen molar-refractivity contribution in [1.29, 1.82) is 0 Å². The molecular weight excluding hydrogens is 311 g/mol. The predicted octanol–water partition coefficient (Wildman–Crippen LogP) is 1.56. The molecule has 7 heteroatoms. The Morgan fingerprint density at radius 3 is 2.59 bits per heavy atom. The highest BCUT2D eigenvalue weighted by Crippen LogP contribution is 2.21. The van der Waals surface area contributed by atoms with E-state index < -0.39 is 15.8 Å². The molecule has 0 unspecified atom stereocenters.